The predicted octanol–water partition coefficient (Wildman–Crippen LogP) is 3.21. The molecule has 0 N–H and O–H groups in total. The van der Waals surface area contributed by atoms with Crippen LogP contribution in [0.1, 0.15) is 12.5 Å². The zero-order chi connectivity index (χ0) is 14.0. The summed E-state index contributed by atoms with van der Waals surface area (Å²) in [5, 5.41) is 25.2. The van der Waals surface area contributed by atoms with Crippen LogP contribution < -0.4 is 0 Å². The minimum Gasteiger partial charge on any atom is -0.263 e. The van der Waals surface area contributed by atoms with Crippen LogP contribution in [0.4, 0.5) is 11.4 Å². The molecule has 0 fully saturated rings. The molecule has 1 aliphatic rings. The molecule has 0 spiro atoms. The van der Waals surface area contributed by atoms with Crippen LogP contribution in [0.15, 0.2) is 50.1 Å². The molecule has 0 bridgehead atoms. The van der Waals surface area contributed by atoms with Gasteiger partial charge in [-0.3, -0.25) is 14.9 Å². The molecule has 1 amide bonds. The van der Waals surface area contributed by atoms with Crippen molar-refractivity contribution < 1.29 is 9.72 Å². The summed E-state index contributed by atoms with van der Waals surface area (Å²) >= 11 is 0. The molecule has 0 saturated carbocycles. The fraction of sp³-hybridized carbons (Fsp3) is 0.182. The molecule has 2 rings (SSSR count). The first-order valence-electron chi connectivity index (χ1n) is 5.33. The molecule has 0 unspecified atom stereocenters. The van der Waals surface area contributed by atoms with Crippen molar-refractivity contribution in [2.45, 2.75) is 13.8 Å². The highest BCUT2D eigenvalue weighted by atomic mass is 16.6. The van der Waals surface area contributed by atoms with Crippen molar-refractivity contribution in [3.8, 4) is 0 Å². The molecular weight excluding hydrogens is 250 g/mol. The number of carbonyl (C=O) groups is 1. The van der Waals surface area contributed by atoms with Gasteiger partial charge < -0.3 is 0 Å². The third-order valence-electron chi connectivity index (χ3n) is 2.42. The summed E-state index contributed by atoms with van der Waals surface area (Å²) in [7, 11) is 0. The molecule has 1 heterocycles. The number of rotatable bonds is 3. The third-order valence-corrected chi connectivity index (χ3v) is 2.42. The summed E-state index contributed by atoms with van der Waals surface area (Å²) in [5.74, 6) is -0.601. The Labute approximate surface area is 107 Å². The Hall–Kier alpha value is -2.77. The van der Waals surface area contributed by atoms with E-state index in [1.54, 1.807) is 19.9 Å². The maximum absolute atomic E-state index is 11.3. The van der Waals surface area contributed by atoms with Crippen LogP contribution in [-0.2, 0) is 4.79 Å². The molecule has 1 aromatic rings. The second-order valence-electron chi connectivity index (χ2n) is 3.89. The molecule has 8 heteroatoms. The quantitative estimate of drug-likeness (QED) is 0.472. The number of aryl methyl sites for hydroxylation is 1. The number of benzene rings is 1. The number of hydrogen-bond acceptors (Lipinski definition) is 6. The van der Waals surface area contributed by atoms with Gasteiger partial charge in [0.25, 0.3) is 5.69 Å². The summed E-state index contributed by atoms with van der Waals surface area (Å²) < 4.78 is 0. The minimum absolute atomic E-state index is 0.00475. The molecule has 0 aliphatic carbocycles. The first-order valence-corrected chi connectivity index (χ1v) is 5.33. The second-order valence-corrected chi connectivity index (χ2v) is 3.89. The van der Waals surface area contributed by atoms with Crippen LogP contribution in [-0.4, -0.2) is 10.8 Å². The van der Waals surface area contributed by atoms with Crippen LogP contribution in [0.2, 0.25) is 0 Å². The lowest BCUT2D eigenvalue weighted by molar-refractivity contribution is -0.384. The zero-order valence-corrected chi connectivity index (χ0v) is 10.2. The number of nitrogens with zero attached hydrogens (tertiary/aromatic N) is 5. The molecule has 19 heavy (non-hydrogen) atoms. The van der Waals surface area contributed by atoms with E-state index in [2.05, 4.69) is 20.5 Å². The van der Waals surface area contributed by atoms with Gasteiger partial charge in [0, 0.05) is 6.07 Å². The summed E-state index contributed by atoms with van der Waals surface area (Å²) in [4.78, 5) is 21.6. The van der Waals surface area contributed by atoms with E-state index in [1.807, 2.05) is 0 Å². The van der Waals surface area contributed by atoms with Crippen molar-refractivity contribution in [1.29, 1.82) is 0 Å². The van der Waals surface area contributed by atoms with Gasteiger partial charge in [0.05, 0.1) is 10.6 Å². The molecule has 0 saturated heterocycles. The van der Waals surface area contributed by atoms with Gasteiger partial charge in [-0.25, -0.2) is 0 Å². The number of hydrogen-bond donors (Lipinski definition) is 0. The number of nitro benzene ring substituents is 1. The molecule has 96 valence electrons. The normalized spacial score (nSPS) is 14.7. The van der Waals surface area contributed by atoms with Crippen molar-refractivity contribution in [2.75, 3.05) is 0 Å². The Kier molecular flexibility index (Phi) is 3.23. The SMILES string of the molecule is CC1=C(N=Nc2ccc(C)cc2[N+](=O)[O-])C(=O)N=N1. The van der Waals surface area contributed by atoms with Crippen molar-refractivity contribution in [3.05, 3.63) is 45.3 Å². The third kappa shape index (κ3) is 2.57. The molecule has 0 radical (unpaired) electrons. The first kappa shape index (κ1) is 12.7. The van der Waals surface area contributed by atoms with E-state index in [-0.39, 0.29) is 17.1 Å². The second kappa shape index (κ2) is 4.84. The van der Waals surface area contributed by atoms with E-state index in [0.29, 0.717) is 5.70 Å². The fourth-order valence-corrected chi connectivity index (χ4v) is 1.45. The summed E-state index contributed by atoms with van der Waals surface area (Å²) in [6.45, 7) is 3.30. The Morgan fingerprint density at radius 3 is 2.53 bits per heavy atom. The standard InChI is InChI=1S/C11H9N5O3/c1-6-3-4-8(9(5-6)16(18)19)13-14-10-7(2)12-15-11(10)17/h3-5H,1-2H3. The highest BCUT2D eigenvalue weighted by Gasteiger charge is 2.19. The molecule has 0 atom stereocenters. The van der Waals surface area contributed by atoms with Crippen LogP contribution in [0.3, 0.4) is 0 Å². The Balaban J connectivity index is 2.37. The summed E-state index contributed by atoms with van der Waals surface area (Å²) in [6.07, 6.45) is 0. The highest BCUT2D eigenvalue weighted by Crippen LogP contribution is 2.29. The van der Waals surface area contributed by atoms with Gasteiger partial charge in [0.15, 0.2) is 11.4 Å². The van der Waals surface area contributed by atoms with Gasteiger partial charge in [-0.1, -0.05) is 6.07 Å². The van der Waals surface area contributed by atoms with E-state index in [0.717, 1.165) is 5.56 Å². The van der Waals surface area contributed by atoms with E-state index < -0.39 is 10.8 Å². The smallest absolute Gasteiger partial charge is 0.263 e. The zero-order valence-electron chi connectivity index (χ0n) is 10.2. The van der Waals surface area contributed by atoms with Crippen molar-refractivity contribution in [3.63, 3.8) is 0 Å². The Bertz CT molecular complexity index is 660. The molecule has 1 aromatic carbocycles. The Morgan fingerprint density at radius 1 is 1.21 bits per heavy atom. The fourth-order valence-electron chi connectivity index (χ4n) is 1.45. The van der Waals surface area contributed by atoms with Crippen LogP contribution in [0.25, 0.3) is 0 Å². The molecular formula is C11H9N5O3. The lowest BCUT2D eigenvalue weighted by Gasteiger charge is -1.97. The monoisotopic (exact) mass is 259 g/mol. The van der Waals surface area contributed by atoms with Gasteiger partial charge in [0.1, 0.15) is 0 Å². The minimum atomic E-state index is -0.601. The van der Waals surface area contributed by atoms with Gasteiger partial charge in [0.2, 0.25) is 0 Å². The number of carbonyl (C=O) groups excluding carboxylic acids is 1. The van der Waals surface area contributed by atoms with Gasteiger partial charge in [-0.05, 0) is 25.5 Å². The van der Waals surface area contributed by atoms with Crippen molar-refractivity contribution in [2.24, 2.45) is 20.5 Å². The first-order chi connectivity index (χ1) is 8.99. The number of amides is 1. The van der Waals surface area contributed by atoms with Crippen LogP contribution >= 0.6 is 0 Å². The summed E-state index contributed by atoms with van der Waals surface area (Å²) in [5.41, 5.74) is 0.985. The molecule has 1 aliphatic heterocycles. The lowest BCUT2D eigenvalue weighted by Crippen LogP contribution is -1.92. The van der Waals surface area contributed by atoms with E-state index in [4.69, 9.17) is 0 Å². The van der Waals surface area contributed by atoms with Crippen molar-refractivity contribution >= 4 is 17.3 Å². The topological polar surface area (TPSA) is 110 Å². The summed E-state index contributed by atoms with van der Waals surface area (Å²) in [6, 6.07) is 4.54. The van der Waals surface area contributed by atoms with Crippen LogP contribution in [0.5, 0.6) is 0 Å². The number of azo groups is 2. The van der Waals surface area contributed by atoms with Crippen molar-refractivity contribution in [1.82, 2.24) is 0 Å². The molecule has 8 nitrogen and oxygen atoms in total. The predicted molar refractivity (Wildman–Crippen MR) is 64.9 cm³/mol. The maximum atomic E-state index is 11.3. The van der Waals surface area contributed by atoms with Crippen LogP contribution in [0, 0.1) is 17.0 Å². The van der Waals surface area contributed by atoms with Gasteiger partial charge >= 0.3 is 5.91 Å². The maximum Gasteiger partial charge on any atom is 0.317 e. The average molecular weight is 259 g/mol. The average Bonchev–Trinajstić information content (AvgIpc) is 2.68. The van der Waals surface area contributed by atoms with E-state index >= 15 is 0 Å². The Morgan fingerprint density at radius 2 is 1.95 bits per heavy atom. The lowest BCUT2D eigenvalue weighted by atomic mass is 10.2. The van der Waals surface area contributed by atoms with Gasteiger partial charge in [-0.2, -0.15) is 0 Å². The molecule has 0 aromatic heterocycles. The number of allylic oxidation sites excluding steroid dienone is 1. The van der Waals surface area contributed by atoms with E-state index in [9.17, 15) is 14.9 Å². The largest absolute Gasteiger partial charge is 0.317 e. The van der Waals surface area contributed by atoms with E-state index in [1.165, 1.54) is 12.1 Å². The number of nitro groups is 1. The highest BCUT2D eigenvalue weighted by molar-refractivity contribution is 5.95. The van der Waals surface area contributed by atoms with Gasteiger partial charge in [-0.15, -0.1) is 20.5 Å².